The first-order chi connectivity index (χ1) is 15.2. The number of likely N-dealkylation sites (tertiary alicyclic amines) is 1. The van der Waals surface area contributed by atoms with Crippen LogP contribution in [0.3, 0.4) is 0 Å². The minimum absolute atomic E-state index is 0.0109. The van der Waals surface area contributed by atoms with Gasteiger partial charge in [-0.2, -0.15) is 5.10 Å². The van der Waals surface area contributed by atoms with E-state index in [2.05, 4.69) is 5.10 Å². The van der Waals surface area contributed by atoms with Crippen molar-refractivity contribution in [1.29, 1.82) is 0 Å². The highest BCUT2D eigenvalue weighted by atomic mass is 16.3. The topological polar surface area (TPSA) is 71.6 Å². The van der Waals surface area contributed by atoms with Gasteiger partial charge < -0.3 is 14.2 Å². The number of aromatic nitrogens is 2. The Morgan fingerprint density at radius 2 is 1.81 bits per heavy atom. The van der Waals surface area contributed by atoms with Gasteiger partial charge in [0.25, 0.3) is 5.91 Å². The maximum absolute atomic E-state index is 13.4. The molecule has 7 heteroatoms. The van der Waals surface area contributed by atoms with Crippen LogP contribution in [-0.4, -0.2) is 50.5 Å². The van der Waals surface area contributed by atoms with Gasteiger partial charge in [-0.15, -0.1) is 0 Å². The van der Waals surface area contributed by atoms with Gasteiger partial charge in [0.05, 0.1) is 18.3 Å². The lowest BCUT2D eigenvalue weighted by atomic mass is 10.2. The summed E-state index contributed by atoms with van der Waals surface area (Å²) in [5.74, 6) is 0.760. The summed E-state index contributed by atoms with van der Waals surface area (Å²) < 4.78 is 7.22. The molecule has 0 spiro atoms. The van der Waals surface area contributed by atoms with E-state index in [0.717, 1.165) is 68.3 Å². The molecule has 0 radical (unpaired) electrons. The Morgan fingerprint density at radius 3 is 2.55 bits per heavy atom. The Bertz CT molecular complexity index is 1060. The zero-order chi connectivity index (χ0) is 21.2. The second-order valence-corrected chi connectivity index (χ2v) is 8.56. The Morgan fingerprint density at radius 1 is 1.03 bits per heavy atom. The Balaban J connectivity index is 1.43. The van der Waals surface area contributed by atoms with Gasteiger partial charge in [0, 0.05) is 24.5 Å². The van der Waals surface area contributed by atoms with Gasteiger partial charge >= 0.3 is 0 Å². The van der Waals surface area contributed by atoms with Crippen LogP contribution in [0.2, 0.25) is 0 Å². The fourth-order valence-corrected chi connectivity index (χ4v) is 4.90. The highest BCUT2D eigenvalue weighted by molar-refractivity contribution is 6.05. The summed E-state index contributed by atoms with van der Waals surface area (Å²) >= 11 is 0. The zero-order valence-corrected chi connectivity index (χ0v) is 17.7. The predicted octanol–water partition coefficient (Wildman–Crippen LogP) is 3.84. The minimum Gasteiger partial charge on any atom is -0.467 e. The summed E-state index contributed by atoms with van der Waals surface area (Å²) in [6.45, 7) is 2.13. The summed E-state index contributed by atoms with van der Waals surface area (Å²) in [6.07, 6.45) is 8.04. The van der Waals surface area contributed by atoms with E-state index in [1.165, 1.54) is 0 Å². The van der Waals surface area contributed by atoms with Gasteiger partial charge in [-0.3, -0.25) is 14.3 Å². The van der Waals surface area contributed by atoms with Crippen LogP contribution in [0.25, 0.3) is 10.9 Å². The standard InChI is InChI=1S/C24H28N4O3/c29-22(27(18-8-1-2-9-18)16-19-10-7-15-31-19)17-28-21-12-4-3-11-20(21)23(25-28)24(30)26-13-5-6-14-26/h3-4,7,10-12,15,18H,1-2,5-6,8-9,13-14,16-17H2. The van der Waals surface area contributed by atoms with Crippen LogP contribution in [0.15, 0.2) is 47.1 Å². The summed E-state index contributed by atoms with van der Waals surface area (Å²) in [4.78, 5) is 30.3. The van der Waals surface area contributed by atoms with E-state index in [0.29, 0.717) is 12.2 Å². The first-order valence-electron chi connectivity index (χ1n) is 11.3. The van der Waals surface area contributed by atoms with Crippen molar-refractivity contribution in [2.45, 2.75) is 57.7 Å². The molecule has 3 aromatic rings. The first kappa shape index (κ1) is 19.8. The second kappa shape index (κ2) is 8.57. The molecule has 1 aliphatic carbocycles. The third kappa shape index (κ3) is 3.96. The van der Waals surface area contributed by atoms with Crippen molar-refractivity contribution in [2.24, 2.45) is 0 Å². The van der Waals surface area contributed by atoms with Crippen molar-refractivity contribution in [3.63, 3.8) is 0 Å². The van der Waals surface area contributed by atoms with Crippen molar-refractivity contribution in [3.8, 4) is 0 Å². The first-order valence-corrected chi connectivity index (χ1v) is 11.3. The van der Waals surface area contributed by atoms with E-state index < -0.39 is 0 Å². The number of para-hydroxylation sites is 1. The highest BCUT2D eigenvalue weighted by Crippen LogP contribution is 2.27. The van der Waals surface area contributed by atoms with E-state index >= 15 is 0 Å². The van der Waals surface area contributed by atoms with E-state index in [1.807, 2.05) is 46.2 Å². The molecule has 0 atom stereocenters. The van der Waals surface area contributed by atoms with Gasteiger partial charge in [-0.05, 0) is 43.9 Å². The third-order valence-corrected chi connectivity index (χ3v) is 6.53. The Labute approximate surface area is 181 Å². The second-order valence-electron chi connectivity index (χ2n) is 8.56. The molecular weight excluding hydrogens is 392 g/mol. The van der Waals surface area contributed by atoms with Crippen LogP contribution in [0, 0.1) is 0 Å². The molecule has 162 valence electrons. The van der Waals surface area contributed by atoms with Gasteiger partial charge in [0.1, 0.15) is 12.3 Å². The van der Waals surface area contributed by atoms with Crippen molar-refractivity contribution in [3.05, 3.63) is 54.1 Å². The molecule has 31 heavy (non-hydrogen) atoms. The monoisotopic (exact) mass is 420 g/mol. The summed E-state index contributed by atoms with van der Waals surface area (Å²) in [5, 5.41) is 5.45. The van der Waals surface area contributed by atoms with E-state index in [9.17, 15) is 9.59 Å². The van der Waals surface area contributed by atoms with Crippen LogP contribution in [0.5, 0.6) is 0 Å². The van der Waals surface area contributed by atoms with Crippen molar-refractivity contribution in [2.75, 3.05) is 13.1 Å². The maximum atomic E-state index is 13.4. The molecule has 2 amide bonds. The number of benzene rings is 1. The number of carbonyl (C=O) groups excluding carboxylic acids is 2. The minimum atomic E-state index is -0.0388. The van der Waals surface area contributed by atoms with Crippen molar-refractivity contribution < 1.29 is 14.0 Å². The van der Waals surface area contributed by atoms with Crippen LogP contribution < -0.4 is 0 Å². The third-order valence-electron chi connectivity index (χ3n) is 6.53. The zero-order valence-electron chi connectivity index (χ0n) is 17.7. The van der Waals surface area contributed by atoms with Crippen molar-refractivity contribution in [1.82, 2.24) is 19.6 Å². The normalized spacial score (nSPS) is 17.0. The molecule has 1 saturated heterocycles. The van der Waals surface area contributed by atoms with Gasteiger partial charge in [-0.25, -0.2) is 0 Å². The molecule has 7 nitrogen and oxygen atoms in total. The lowest BCUT2D eigenvalue weighted by Gasteiger charge is -2.28. The SMILES string of the molecule is O=C(c1nn(CC(=O)N(Cc2ccco2)C2CCCC2)c2ccccc12)N1CCCC1. The lowest BCUT2D eigenvalue weighted by Crippen LogP contribution is -2.40. The average Bonchev–Trinajstić information content (AvgIpc) is 3.59. The van der Waals surface area contributed by atoms with Crippen LogP contribution >= 0.6 is 0 Å². The molecule has 2 aromatic heterocycles. The van der Waals surface area contributed by atoms with E-state index in [-0.39, 0.29) is 24.4 Å². The quantitative estimate of drug-likeness (QED) is 0.608. The van der Waals surface area contributed by atoms with E-state index in [1.54, 1.807) is 10.9 Å². The summed E-state index contributed by atoms with van der Waals surface area (Å²) in [5.41, 5.74) is 1.27. The number of hydrogen-bond acceptors (Lipinski definition) is 4. The number of rotatable bonds is 6. The molecule has 1 aromatic carbocycles. The Hall–Kier alpha value is -3.09. The molecule has 2 fully saturated rings. The van der Waals surface area contributed by atoms with E-state index in [4.69, 9.17) is 4.42 Å². The highest BCUT2D eigenvalue weighted by Gasteiger charge is 2.29. The molecule has 5 rings (SSSR count). The number of nitrogens with zero attached hydrogens (tertiary/aromatic N) is 4. The molecular formula is C24H28N4O3. The Kier molecular flexibility index (Phi) is 5.49. The smallest absolute Gasteiger partial charge is 0.275 e. The molecule has 3 heterocycles. The maximum Gasteiger partial charge on any atom is 0.275 e. The fraction of sp³-hybridized carbons (Fsp3) is 0.458. The molecule has 0 bridgehead atoms. The molecule has 2 aliphatic rings. The largest absolute Gasteiger partial charge is 0.467 e. The summed E-state index contributed by atoms with van der Waals surface area (Å²) in [7, 11) is 0. The lowest BCUT2D eigenvalue weighted by molar-refractivity contribution is -0.135. The number of carbonyl (C=O) groups is 2. The number of hydrogen-bond donors (Lipinski definition) is 0. The van der Waals surface area contributed by atoms with Gasteiger partial charge in [0.2, 0.25) is 5.91 Å². The van der Waals surface area contributed by atoms with Crippen LogP contribution in [0.1, 0.15) is 54.8 Å². The summed E-state index contributed by atoms with van der Waals surface area (Å²) in [6, 6.07) is 11.7. The number of amides is 2. The molecule has 0 unspecified atom stereocenters. The molecule has 1 aliphatic heterocycles. The van der Waals surface area contributed by atoms with Gasteiger partial charge in [-0.1, -0.05) is 31.0 Å². The van der Waals surface area contributed by atoms with Gasteiger partial charge in [0.15, 0.2) is 5.69 Å². The van der Waals surface area contributed by atoms with Crippen molar-refractivity contribution >= 4 is 22.7 Å². The molecule has 0 N–H and O–H groups in total. The average molecular weight is 421 g/mol. The van der Waals surface area contributed by atoms with Crippen LogP contribution in [0.4, 0.5) is 0 Å². The van der Waals surface area contributed by atoms with Crippen LogP contribution in [-0.2, 0) is 17.9 Å². The number of furan rings is 1. The molecule has 1 saturated carbocycles. The number of fused-ring (bicyclic) bond motifs is 1. The predicted molar refractivity (Wildman–Crippen MR) is 116 cm³/mol. The fourth-order valence-electron chi connectivity index (χ4n) is 4.90.